The van der Waals surface area contributed by atoms with Crippen LogP contribution in [-0.2, 0) is 11.3 Å². The number of nitrogens with zero attached hydrogens (tertiary/aromatic N) is 6. The van der Waals surface area contributed by atoms with Crippen molar-refractivity contribution >= 4 is 28.6 Å². The third-order valence-corrected chi connectivity index (χ3v) is 9.31. The van der Waals surface area contributed by atoms with E-state index in [0.29, 0.717) is 45.9 Å². The zero-order chi connectivity index (χ0) is 29.5. The second kappa shape index (κ2) is 11.9. The van der Waals surface area contributed by atoms with Crippen molar-refractivity contribution in [2.24, 2.45) is 11.8 Å². The van der Waals surface area contributed by atoms with Gasteiger partial charge in [0.1, 0.15) is 18.0 Å². The predicted octanol–water partition coefficient (Wildman–Crippen LogP) is 4.45. The zero-order valence-corrected chi connectivity index (χ0v) is 24.9. The van der Waals surface area contributed by atoms with E-state index in [-0.39, 0.29) is 31.2 Å². The van der Waals surface area contributed by atoms with Crippen molar-refractivity contribution in [2.75, 3.05) is 31.3 Å². The van der Waals surface area contributed by atoms with Gasteiger partial charge in [-0.15, -0.1) is 0 Å². The summed E-state index contributed by atoms with van der Waals surface area (Å²) in [6.07, 6.45) is 9.67. The summed E-state index contributed by atoms with van der Waals surface area (Å²) in [7, 11) is 0. The number of pyridine rings is 2. The summed E-state index contributed by atoms with van der Waals surface area (Å²) in [6, 6.07) is 3.86. The predicted molar refractivity (Wildman–Crippen MR) is 160 cm³/mol. The van der Waals surface area contributed by atoms with E-state index in [1.165, 1.54) is 19.0 Å². The Hall–Kier alpha value is -3.48. The van der Waals surface area contributed by atoms with E-state index in [0.717, 1.165) is 62.6 Å². The fraction of sp³-hybridized carbons (Fsp3) is 0.567. The van der Waals surface area contributed by atoms with Crippen molar-refractivity contribution in [3.8, 4) is 28.7 Å². The maximum absolute atomic E-state index is 11.9. The molecule has 2 saturated carbocycles. The van der Waals surface area contributed by atoms with Crippen LogP contribution in [0, 0.1) is 11.8 Å². The number of aliphatic hydroxyl groups is 1. The molecule has 2 N–H and O–H groups in total. The Bertz CT molecular complexity index is 1660. The SMILES string of the molecule is CC1CCC(Cn2c(N3CCOC4CCCC43)nc3cc(-c4noc(=O)[nH]4)nc(-c4cc(Cl)cnc4OCCO)c32)CC1. The van der Waals surface area contributed by atoms with Crippen LogP contribution in [0.4, 0.5) is 5.95 Å². The Labute approximate surface area is 253 Å². The molecule has 7 rings (SSSR count). The Morgan fingerprint density at radius 3 is 2.81 bits per heavy atom. The number of fused-ring (bicyclic) bond motifs is 2. The minimum Gasteiger partial charge on any atom is -0.475 e. The summed E-state index contributed by atoms with van der Waals surface area (Å²) >= 11 is 6.49. The monoisotopic (exact) mass is 609 g/mol. The van der Waals surface area contributed by atoms with E-state index < -0.39 is 5.76 Å². The van der Waals surface area contributed by atoms with Crippen molar-refractivity contribution in [3.05, 3.63) is 33.9 Å². The summed E-state index contributed by atoms with van der Waals surface area (Å²) in [5.74, 6) is 1.95. The number of morpholine rings is 1. The number of imidazole rings is 1. The minimum atomic E-state index is -0.673. The van der Waals surface area contributed by atoms with E-state index >= 15 is 0 Å². The molecule has 0 aromatic carbocycles. The van der Waals surface area contributed by atoms with Crippen LogP contribution in [0.15, 0.2) is 27.6 Å². The number of H-pyrrole nitrogens is 1. The molecule has 1 saturated heterocycles. The smallest absolute Gasteiger partial charge is 0.439 e. The molecule has 2 atom stereocenters. The van der Waals surface area contributed by atoms with Crippen LogP contribution in [0.1, 0.15) is 51.9 Å². The van der Waals surface area contributed by atoms with E-state index in [2.05, 4.69) is 31.5 Å². The van der Waals surface area contributed by atoms with Crippen LogP contribution in [0.3, 0.4) is 0 Å². The van der Waals surface area contributed by atoms with Crippen LogP contribution in [-0.4, -0.2) is 73.3 Å². The molecule has 13 heteroatoms. The third-order valence-electron chi connectivity index (χ3n) is 9.11. The van der Waals surface area contributed by atoms with Crippen molar-refractivity contribution in [2.45, 2.75) is 70.6 Å². The van der Waals surface area contributed by atoms with Gasteiger partial charge in [-0.1, -0.05) is 36.5 Å². The average molecular weight is 610 g/mol. The van der Waals surface area contributed by atoms with Gasteiger partial charge in [-0.25, -0.2) is 19.7 Å². The molecule has 3 aliphatic rings. The lowest BCUT2D eigenvalue weighted by Gasteiger charge is -2.39. The maximum atomic E-state index is 11.9. The number of aromatic amines is 1. The van der Waals surface area contributed by atoms with Gasteiger partial charge < -0.3 is 24.0 Å². The molecule has 3 fully saturated rings. The van der Waals surface area contributed by atoms with Crippen LogP contribution < -0.4 is 15.4 Å². The topological polar surface area (TPSA) is 144 Å². The van der Waals surface area contributed by atoms with Crippen LogP contribution in [0.2, 0.25) is 5.02 Å². The Morgan fingerprint density at radius 2 is 2.02 bits per heavy atom. The van der Waals surface area contributed by atoms with Crippen molar-refractivity contribution in [3.63, 3.8) is 0 Å². The summed E-state index contributed by atoms with van der Waals surface area (Å²) in [5, 5.41) is 13.8. The van der Waals surface area contributed by atoms with E-state index in [4.69, 9.17) is 35.6 Å². The number of nitrogens with one attached hydrogen (secondary N) is 1. The van der Waals surface area contributed by atoms with Gasteiger partial charge in [0, 0.05) is 19.3 Å². The van der Waals surface area contributed by atoms with Gasteiger partial charge in [0.25, 0.3) is 0 Å². The summed E-state index contributed by atoms with van der Waals surface area (Å²) in [6.45, 7) is 4.42. The molecule has 4 aromatic heterocycles. The highest BCUT2D eigenvalue weighted by atomic mass is 35.5. The van der Waals surface area contributed by atoms with Gasteiger partial charge in [-0.3, -0.25) is 9.51 Å². The van der Waals surface area contributed by atoms with Crippen LogP contribution in [0.5, 0.6) is 5.88 Å². The number of aliphatic hydroxyl groups excluding tert-OH is 1. The first-order valence-electron chi connectivity index (χ1n) is 15.2. The average Bonchev–Trinajstić information content (AvgIpc) is 3.76. The summed E-state index contributed by atoms with van der Waals surface area (Å²) in [4.78, 5) is 31.7. The zero-order valence-electron chi connectivity index (χ0n) is 24.2. The lowest BCUT2D eigenvalue weighted by Crippen LogP contribution is -2.49. The first-order chi connectivity index (χ1) is 21.0. The molecule has 0 bridgehead atoms. The number of halogens is 1. The fourth-order valence-corrected chi connectivity index (χ4v) is 7.14. The number of hydrogen-bond acceptors (Lipinski definition) is 10. The number of hydrogen-bond donors (Lipinski definition) is 2. The van der Waals surface area contributed by atoms with Crippen LogP contribution in [0.25, 0.3) is 33.8 Å². The molecule has 43 heavy (non-hydrogen) atoms. The van der Waals surface area contributed by atoms with Gasteiger partial charge in [0.05, 0.1) is 47.0 Å². The molecular weight excluding hydrogens is 574 g/mol. The van der Waals surface area contributed by atoms with Gasteiger partial charge in [-0.05, 0) is 56.1 Å². The minimum absolute atomic E-state index is 0.0582. The maximum Gasteiger partial charge on any atom is 0.439 e. The van der Waals surface area contributed by atoms with Gasteiger partial charge >= 0.3 is 5.76 Å². The standard InChI is InChI=1S/C30H36ClN7O5/c1-17-5-7-18(8-6-17)16-38-26-21(34-29(38)37-9-11-41-24-4-2-3-23(24)37)14-22(27-35-30(40)43-36-27)33-25(26)20-13-19(31)15-32-28(20)42-12-10-39/h13-15,17-18,23-24,39H,2-12,16H2,1H3,(H,35,36,40). The molecule has 1 aliphatic heterocycles. The highest BCUT2D eigenvalue weighted by Gasteiger charge is 2.39. The van der Waals surface area contributed by atoms with Gasteiger partial charge in [0.15, 0.2) is 0 Å². The Balaban J connectivity index is 1.46. The van der Waals surface area contributed by atoms with Gasteiger partial charge in [0.2, 0.25) is 17.7 Å². The molecule has 0 spiro atoms. The summed E-state index contributed by atoms with van der Waals surface area (Å²) < 4.78 is 19.2. The lowest BCUT2D eigenvalue weighted by molar-refractivity contribution is 0.0247. The molecule has 2 unspecified atom stereocenters. The fourth-order valence-electron chi connectivity index (χ4n) is 6.98. The van der Waals surface area contributed by atoms with Crippen molar-refractivity contribution in [1.82, 2.24) is 29.7 Å². The van der Waals surface area contributed by atoms with Crippen LogP contribution >= 0.6 is 11.6 Å². The molecular formula is C30H36ClN7O5. The molecule has 12 nitrogen and oxygen atoms in total. The number of rotatable bonds is 8. The quantitative estimate of drug-likeness (QED) is 0.294. The number of ether oxygens (including phenoxy) is 2. The Morgan fingerprint density at radius 1 is 1.16 bits per heavy atom. The van der Waals surface area contributed by atoms with Crippen molar-refractivity contribution in [1.29, 1.82) is 0 Å². The van der Waals surface area contributed by atoms with E-state index in [1.807, 2.05) is 6.07 Å². The number of aromatic nitrogens is 6. The largest absolute Gasteiger partial charge is 0.475 e. The van der Waals surface area contributed by atoms with Crippen molar-refractivity contribution < 1.29 is 19.1 Å². The molecule has 0 radical (unpaired) electrons. The second-order valence-electron chi connectivity index (χ2n) is 12.0. The highest BCUT2D eigenvalue weighted by molar-refractivity contribution is 6.30. The molecule has 5 heterocycles. The summed E-state index contributed by atoms with van der Waals surface area (Å²) in [5.41, 5.74) is 3.05. The van der Waals surface area contributed by atoms with Gasteiger partial charge in [-0.2, -0.15) is 0 Å². The second-order valence-corrected chi connectivity index (χ2v) is 12.4. The molecule has 0 amide bonds. The normalized spacial score (nSPS) is 24.0. The molecule has 4 aromatic rings. The third kappa shape index (κ3) is 5.51. The van der Waals surface area contributed by atoms with E-state index in [1.54, 1.807) is 6.07 Å². The number of anilines is 1. The first-order valence-corrected chi connectivity index (χ1v) is 15.6. The first kappa shape index (κ1) is 28.3. The van der Waals surface area contributed by atoms with E-state index in [9.17, 15) is 9.90 Å². The Kier molecular flexibility index (Phi) is 7.83. The molecule has 2 aliphatic carbocycles. The highest BCUT2D eigenvalue weighted by Crippen LogP contribution is 2.41. The molecule has 228 valence electrons. The lowest BCUT2D eigenvalue weighted by atomic mass is 9.83.